The zero-order valence-electron chi connectivity index (χ0n) is 16.0. The molecule has 0 bridgehead atoms. The van der Waals surface area contributed by atoms with E-state index in [-0.39, 0.29) is 0 Å². The molecule has 1 aliphatic heterocycles. The van der Waals surface area contributed by atoms with E-state index in [1.165, 1.54) is 24.9 Å². The smallest absolute Gasteiger partial charge is 0.229 e. The monoisotopic (exact) mass is 393 g/mol. The molecule has 4 rings (SSSR count). The van der Waals surface area contributed by atoms with Crippen LogP contribution in [0.4, 0.5) is 28.8 Å². The Morgan fingerprint density at radius 2 is 1.64 bits per heavy atom. The molecule has 0 spiro atoms. The number of aryl methyl sites for hydroxylation is 1. The van der Waals surface area contributed by atoms with Crippen molar-refractivity contribution in [3.8, 4) is 0 Å². The number of aromatic nitrogens is 2. The van der Waals surface area contributed by atoms with Crippen LogP contribution in [0.2, 0.25) is 5.02 Å². The average molecular weight is 394 g/mol. The van der Waals surface area contributed by atoms with Crippen LogP contribution < -0.4 is 15.5 Å². The van der Waals surface area contributed by atoms with Crippen LogP contribution in [0.5, 0.6) is 0 Å². The summed E-state index contributed by atoms with van der Waals surface area (Å²) in [5.41, 5.74) is 4.02. The maximum atomic E-state index is 6.06. The van der Waals surface area contributed by atoms with E-state index in [0.717, 1.165) is 36.0 Å². The fraction of sp³-hybridized carbons (Fsp3) is 0.273. The highest BCUT2D eigenvalue weighted by Crippen LogP contribution is 2.24. The molecular weight excluding hydrogens is 370 g/mol. The van der Waals surface area contributed by atoms with E-state index < -0.39 is 0 Å². The molecule has 1 fully saturated rings. The Morgan fingerprint density at radius 1 is 0.857 bits per heavy atom. The maximum Gasteiger partial charge on any atom is 0.229 e. The first-order valence-electron chi connectivity index (χ1n) is 9.66. The summed E-state index contributed by atoms with van der Waals surface area (Å²) in [5, 5.41) is 7.27. The van der Waals surface area contributed by atoms with Crippen LogP contribution in [0.1, 0.15) is 25.0 Å². The largest absolute Gasteiger partial charge is 0.372 e. The lowest BCUT2D eigenvalue weighted by atomic mass is 10.1. The fourth-order valence-corrected chi connectivity index (χ4v) is 3.63. The molecule has 6 heteroatoms. The number of halogens is 1. The zero-order valence-corrected chi connectivity index (χ0v) is 16.7. The van der Waals surface area contributed by atoms with Crippen LogP contribution in [0.15, 0.2) is 54.6 Å². The molecule has 0 aliphatic carbocycles. The Balaban J connectivity index is 1.47. The Bertz CT molecular complexity index is 936. The second-order valence-electron chi connectivity index (χ2n) is 7.07. The van der Waals surface area contributed by atoms with Crippen LogP contribution in [-0.4, -0.2) is 23.1 Å². The van der Waals surface area contributed by atoms with Crippen LogP contribution in [-0.2, 0) is 0 Å². The fourth-order valence-electron chi connectivity index (χ4n) is 3.44. The first kappa shape index (κ1) is 18.6. The molecular formula is C22H24ClN5. The van der Waals surface area contributed by atoms with Gasteiger partial charge >= 0.3 is 0 Å². The van der Waals surface area contributed by atoms with E-state index in [0.29, 0.717) is 11.0 Å². The summed E-state index contributed by atoms with van der Waals surface area (Å²) in [6, 6.07) is 18.0. The quantitative estimate of drug-likeness (QED) is 0.563. The van der Waals surface area contributed by atoms with E-state index in [1.54, 1.807) is 0 Å². The van der Waals surface area contributed by atoms with Crippen molar-refractivity contribution < 1.29 is 0 Å². The van der Waals surface area contributed by atoms with Crippen LogP contribution in [0.25, 0.3) is 0 Å². The molecule has 0 atom stereocenters. The summed E-state index contributed by atoms with van der Waals surface area (Å²) in [5.74, 6) is 1.29. The summed E-state index contributed by atoms with van der Waals surface area (Å²) in [6.45, 7) is 4.24. The van der Waals surface area contributed by atoms with E-state index in [1.807, 2.05) is 37.3 Å². The van der Waals surface area contributed by atoms with Gasteiger partial charge in [-0.1, -0.05) is 17.7 Å². The molecule has 0 radical (unpaired) electrons. The Labute approximate surface area is 170 Å². The first-order chi connectivity index (χ1) is 13.7. The third-order valence-electron chi connectivity index (χ3n) is 4.80. The molecule has 0 saturated carbocycles. The normalized spacial score (nSPS) is 14.0. The molecule has 2 heterocycles. The summed E-state index contributed by atoms with van der Waals surface area (Å²) in [4.78, 5) is 11.5. The molecule has 1 aromatic heterocycles. The van der Waals surface area contributed by atoms with Crippen molar-refractivity contribution in [2.24, 2.45) is 0 Å². The molecule has 2 N–H and O–H groups in total. The van der Waals surface area contributed by atoms with Gasteiger partial charge in [-0.25, -0.2) is 4.98 Å². The van der Waals surface area contributed by atoms with E-state index >= 15 is 0 Å². The van der Waals surface area contributed by atoms with Crippen molar-refractivity contribution in [1.82, 2.24) is 9.97 Å². The molecule has 1 aliphatic rings. The highest BCUT2D eigenvalue weighted by atomic mass is 35.5. The molecule has 0 amide bonds. The second kappa shape index (κ2) is 8.48. The third kappa shape index (κ3) is 4.73. The minimum Gasteiger partial charge on any atom is -0.372 e. The average Bonchev–Trinajstić information content (AvgIpc) is 2.69. The van der Waals surface area contributed by atoms with Crippen molar-refractivity contribution in [2.75, 3.05) is 28.6 Å². The van der Waals surface area contributed by atoms with Crippen molar-refractivity contribution >= 4 is 40.4 Å². The molecule has 5 nitrogen and oxygen atoms in total. The van der Waals surface area contributed by atoms with E-state index in [2.05, 4.69) is 49.8 Å². The lowest BCUT2D eigenvalue weighted by Crippen LogP contribution is -2.29. The lowest BCUT2D eigenvalue weighted by Gasteiger charge is -2.28. The molecule has 3 aromatic rings. The minimum atomic E-state index is 0.565. The van der Waals surface area contributed by atoms with E-state index in [9.17, 15) is 0 Å². The topological polar surface area (TPSA) is 53.1 Å². The van der Waals surface area contributed by atoms with Crippen molar-refractivity contribution in [1.29, 1.82) is 0 Å². The highest BCUT2D eigenvalue weighted by molar-refractivity contribution is 6.30. The minimum absolute atomic E-state index is 0.565. The zero-order chi connectivity index (χ0) is 19.3. The summed E-state index contributed by atoms with van der Waals surface area (Å²) in [7, 11) is 0. The molecule has 0 unspecified atom stereocenters. The maximum absolute atomic E-state index is 6.06. The van der Waals surface area contributed by atoms with Gasteiger partial charge in [-0.05, 0) is 68.7 Å². The predicted molar refractivity (Wildman–Crippen MR) is 117 cm³/mol. The third-order valence-corrected chi connectivity index (χ3v) is 5.03. The Morgan fingerprint density at radius 3 is 2.39 bits per heavy atom. The van der Waals surface area contributed by atoms with E-state index in [4.69, 9.17) is 11.6 Å². The summed E-state index contributed by atoms with van der Waals surface area (Å²) >= 11 is 6.06. The van der Waals surface area contributed by atoms with Gasteiger partial charge in [0.1, 0.15) is 5.82 Å². The summed E-state index contributed by atoms with van der Waals surface area (Å²) in [6.07, 6.45) is 3.89. The Hall–Kier alpha value is -2.79. The first-order valence-corrected chi connectivity index (χ1v) is 10.0. The highest BCUT2D eigenvalue weighted by Gasteiger charge is 2.11. The van der Waals surface area contributed by atoms with Crippen molar-refractivity contribution in [2.45, 2.75) is 26.2 Å². The molecule has 1 saturated heterocycles. The number of hydrogen-bond acceptors (Lipinski definition) is 5. The van der Waals surface area contributed by atoms with Gasteiger partial charge in [0.2, 0.25) is 5.95 Å². The number of benzene rings is 2. The lowest BCUT2D eigenvalue weighted by molar-refractivity contribution is 0.578. The van der Waals surface area contributed by atoms with Crippen molar-refractivity contribution in [3.63, 3.8) is 0 Å². The number of piperidine rings is 1. The number of nitrogens with zero attached hydrogens (tertiary/aromatic N) is 3. The number of rotatable bonds is 5. The number of anilines is 5. The van der Waals surface area contributed by atoms with Gasteiger partial charge in [-0.15, -0.1) is 0 Å². The number of nitrogens with one attached hydrogen (secondary N) is 2. The second-order valence-corrected chi connectivity index (χ2v) is 7.51. The van der Waals surface area contributed by atoms with Gasteiger partial charge in [0.05, 0.1) is 0 Å². The Kier molecular flexibility index (Phi) is 5.63. The standard InChI is InChI=1S/C22H24ClN5/c1-16-14-21(25-19-7-5-6-17(23)15-19)27-22(24-16)26-18-8-10-20(11-9-18)28-12-3-2-4-13-28/h5-11,14-15H,2-4,12-13H2,1H3,(H2,24,25,26,27). The van der Waals surface area contributed by atoms with Crippen LogP contribution in [0, 0.1) is 6.92 Å². The van der Waals surface area contributed by atoms with Gasteiger partial charge in [0, 0.05) is 46.9 Å². The SMILES string of the molecule is Cc1cc(Nc2cccc(Cl)c2)nc(Nc2ccc(N3CCCCC3)cc2)n1. The van der Waals surface area contributed by atoms with Crippen LogP contribution in [0.3, 0.4) is 0 Å². The molecule has 28 heavy (non-hydrogen) atoms. The number of hydrogen-bond donors (Lipinski definition) is 2. The van der Waals surface area contributed by atoms with Crippen LogP contribution >= 0.6 is 11.6 Å². The van der Waals surface area contributed by atoms with Gasteiger partial charge in [0.15, 0.2) is 0 Å². The predicted octanol–water partition coefficient (Wildman–Crippen LogP) is 5.92. The van der Waals surface area contributed by atoms with Gasteiger partial charge in [-0.2, -0.15) is 4.98 Å². The molecule has 144 valence electrons. The van der Waals surface area contributed by atoms with Crippen molar-refractivity contribution in [3.05, 3.63) is 65.3 Å². The van der Waals surface area contributed by atoms with Gasteiger partial charge < -0.3 is 15.5 Å². The van der Waals surface area contributed by atoms with Gasteiger partial charge in [-0.3, -0.25) is 0 Å². The van der Waals surface area contributed by atoms with Gasteiger partial charge in [0.25, 0.3) is 0 Å². The molecule has 2 aromatic carbocycles. The summed E-state index contributed by atoms with van der Waals surface area (Å²) < 4.78 is 0.